The molecule has 1 aromatic heterocycles. The number of amides is 1. The zero-order valence-electron chi connectivity index (χ0n) is 13.7. The number of aromatic nitrogens is 2. The van der Waals surface area contributed by atoms with E-state index in [1.54, 1.807) is 12.4 Å². The Bertz CT molecular complexity index is 439. The van der Waals surface area contributed by atoms with E-state index in [0.717, 1.165) is 58.1 Å². The first-order valence-corrected chi connectivity index (χ1v) is 8.26. The van der Waals surface area contributed by atoms with Gasteiger partial charge in [-0.15, -0.1) is 0 Å². The first-order valence-electron chi connectivity index (χ1n) is 8.26. The van der Waals surface area contributed by atoms with Crippen molar-refractivity contribution in [2.75, 3.05) is 50.7 Å². The van der Waals surface area contributed by atoms with Gasteiger partial charge in [0, 0.05) is 38.6 Å². The number of carbonyl (C=O) groups is 1. The number of nitrogens with zero attached hydrogens (tertiary/aromatic N) is 5. The molecule has 2 rings (SSSR count). The fraction of sp³-hybridized carbons (Fsp3) is 0.688. The van der Waals surface area contributed by atoms with Gasteiger partial charge in [0.15, 0.2) is 0 Å². The largest absolute Gasteiger partial charge is 0.338 e. The minimum Gasteiger partial charge on any atom is -0.338 e. The number of carbonyl (C=O) groups excluding carboxylic acids is 1. The molecule has 0 spiro atoms. The summed E-state index contributed by atoms with van der Waals surface area (Å²) in [5, 5.41) is 0. The smallest absolute Gasteiger partial charge is 0.236 e. The van der Waals surface area contributed by atoms with Gasteiger partial charge in [-0.3, -0.25) is 9.69 Å². The van der Waals surface area contributed by atoms with Crippen molar-refractivity contribution < 1.29 is 4.79 Å². The molecule has 122 valence electrons. The Morgan fingerprint density at radius 1 is 1.09 bits per heavy atom. The average molecular weight is 305 g/mol. The van der Waals surface area contributed by atoms with Crippen molar-refractivity contribution in [3.05, 3.63) is 18.5 Å². The summed E-state index contributed by atoms with van der Waals surface area (Å²) in [5.41, 5.74) is 0. The zero-order chi connectivity index (χ0) is 15.8. The van der Waals surface area contributed by atoms with Crippen molar-refractivity contribution in [1.29, 1.82) is 0 Å². The number of hydrogen-bond acceptors (Lipinski definition) is 5. The van der Waals surface area contributed by atoms with E-state index >= 15 is 0 Å². The van der Waals surface area contributed by atoms with Crippen molar-refractivity contribution in [2.24, 2.45) is 0 Å². The second-order valence-corrected chi connectivity index (χ2v) is 5.69. The predicted octanol–water partition coefficient (Wildman–Crippen LogP) is 1.25. The molecule has 22 heavy (non-hydrogen) atoms. The van der Waals surface area contributed by atoms with Gasteiger partial charge < -0.3 is 9.80 Å². The van der Waals surface area contributed by atoms with Crippen LogP contribution in [0.4, 0.5) is 5.95 Å². The molecule has 1 amide bonds. The Morgan fingerprint density at radius 2 is 1.68 bits per heavy atom. The van der Waals surface area contributed by atoms with E-state index in [1.807, 2.05) is 11.0 Å². The Balaban J connectivity index is 1.81. The quantitative estimate of drug-likeness (QED) is 0.759. The van der Waals surface area contributed by atoms with E-state index in [0.29, 0.717) is 6.54 Å². The maximum atomic E-state index is 12.4. The third-order valence-electron chi connectivity index (χ3n) is 3.91. The number of rotatable bonds is 7. The molecule has 6 heteroatoms. The molecule has 0 bridgehead atoms. The van der Waals surface area contributed by atoms with Crippen molar-refractivity contribution in [1.82, 2.24) is 19.8 Å². The zero-order valence-corrected chi connectivity index (χ0v) is 13.7. The molecule has 0 aromatic carbocycles. The van der Waals surface area contributed by atoms with Crippen LogP contribution in [0.2, 0.25) is 0 Å². The molecule has 2 heterocycles. The summed E-state index contributed by atoms with van der Waals surface area (Å²) in [7, 11) is 0. The van der Waals surface area contributed by atoms with Gasteiger partial charge in [0.05, 0.1) is 6.54 Å². The first kappa shape index (κ1) is 16.7. The highest BCUT2D eigenvalue weighted by atomic mass is 16.2. The van der Waals surface area contributed by atoms with Gasteiger partial charge >= 0.3 is 0 Å². The van der Waals surface area contributed by atoms with Crippen molar-refractivity contribution in [3.63, 3.8) is 0 Å². The van der Waals surface area contributed by atoms with E-state index in [1.165, 1.54) is 0 Å². The van der Waals surface area contributed by atoms with Crippen LogP contribution in [0.3, 0.4) is 0 Å². The van der Waals surface area contributed by atoms with Crippen molar-refractivity contribution >= 4 is 11.9 Å². The topological polar surface area (TPSA) is 52.6 Å². The van der Waals surface area contributed by atoms with Crippen LogP contribution in [0, 0.1) is 0 Å². The molecule has 1 aliphatic rings. The molecule has 0 radical (unpaired) electrons. The Labute approximate surface area is 133 Å². The van der Waals surface area contributed by atoms with Crippen LogP contribution in [0.1, 0.15) is 26.7 Å². The molecule has 0 N–H and O–H groups in total. The lowest BCUT2D eigenvalue weighted by Gasteiger charge is -2.35. The van der Waals surface area contributed by atoms with Crippen LogP contribution >= 0.6 is 0 Å². The van der Waals surface area contributed by atoms with Crippen LogP contribution < -0.4 is 4.90 Å². The van der Waals surface area contributed by atoms with Crippen molar-refractivity contribution in [2.45, 2.75) is 26.7 Å². The van der Waals surface area contributed by atoms with Crippen LogP contribution in [0.25, 0.3) is 0 Å². The molecule has 0 aliphatic carbocycles. The van der Waals surface area contributed by atoms with Crippen LogP contribution in [-0.2, 0) is 4.79 Å². The summed E-state index contributed by atoms with van der Waals surface area (Å²) < 4.78 is 0. The molecule has 0 unspecified atom stereocenters. The lowest BCUT2D eigenvalue weighted by Crippen LogP contribution is -2.51. The maximum absolute atomic E-state index is 12.4. The van der Waals surface area contributed by atoms with E-state index in [9.17, 15) is 4.79 Å². The summed E-state index contributed by atoms with van der Waals surface area (Å²) in [6.07, 6.45) is 5.69. The predicted molar refractivity (Wildman–Crippen MR) is 87.8 cm³/mol. The lowest BCUT2D eigenvalue weighted by atomic mass is 10.3. The van der Waals surface area contributed by atoms with Gasteiger partial charge in [-0.2, -0.15) is 0 Å². The summed E-state index contributed by atoms with van der Waals surface area (Å²) >= 11 is 0. The minimum absolute atomic E-state index is 0.246. The minimum atomic E-state index is 0.246. The fourth-order valence-electron chi connectivity index (χ4n) is 2.80. The standard InChI is InChI=1S/C16H27N5O/c1-3-8-19(9-4-2)14-15(22)20-10-12-21(13-11-20)16-17-6-5-7-18-16/h5-7H,3-4,8-14H2,1-2H3. The summed E-state index contributed by atoms with van der Waals surface area (Å²) in [4.78, 5) is 27.3. The van der Waals surface area contributed by atoms with Gasteiger partial charge in [0.2, 0.25) is 11.9 Å². The maximum Gasteiger partial charge on any atom is 0.236 e. The van der Waals surface area contributed by atoms with Crippen LogP contribution in [0.15, 0.2) is 18.5 Å². The highest BCUT2D eigenvalue weighted by molar-refractivity contribution is 5.78. The molecular formula is C16H27N5O. The second-order valence-electron chi connectivity index (χ2n) is 5.69. The second kappa shape index (κ2) is 8.68. The van der Waals surface area contributed by atoms with Crippen LogP contribution in [-0.4, -0.2) is 71.5 Å². The first-order chi connectivity index (χ1) is 10.7. The summed E-state index contributed by atoms with van der Waals surface area (Å²) in [5.74, 6) is 1.00. The third kappa shape index (κ3) is 4.66. The number of hydrogen-bond donors (Lipinski definition) is 0. The molecule has 1 aromatic rings. The molecule has 6 nitrogen and oxygen atoms in total. The van der Waals surface area contributed by atoms with E-state index in [-0.39, 0.29) is 5.91 Å². The third-order valence-corrected chi connectivity index (χ3v) is 3.91. The van der Waals surface area contributed by atoms with Gasteiger partial charge in [-0.25, -0.2) is 9.97 Å². The summed E-state index contributed by atoms with van der Waals surface area (Å²) in [6.45, 7) is 9.97. The molecule has 1 aliphatic heterocycles. The summed E-state index contributed by atoms with van der Waals surface area (Å²) in [6, 6.07) is 1.82. The lowest BCUT2D eigenvalue weighted by molar-refractivity contribution is -0.132. The average Bonchev–Trinajstić information content (AvgIpc) is 2.56. The van der Waals surface area contributed by atoms with E-state index in [2.05, 4.69) is 33.6 Å². The van der Waals surface area contributed by atoms with Gasteiger partial charge in [-0.1, -0.05) is 13.8 Å². The van der Waals surface area contributed by atoms with Crippen molar-refractivity contribution in [3.8, 4) is 0 Å². The molecular weight excluding hydrogens is 278 g/mol. The highest BCUT2D eigenvalue weighted by Crippen LogP contribution is 2.10. The monoisotopic (exact) mass is 305 g/mol. The highest BCUT2D eigenvalue weighted by Gasteiger charge is 2.23. The fourth-order valence-corrected chi connectivity index (χ4v) is 2.80. The van der Waals surface area contributed by atoms with Crippen LogP contribution in [0.5, 0.6) is 0 Å². The molecule has 1 saturated heterocycles. The SMILES string of the molecule is CCCN(CCC)CC(=O)N1CCN(c2ncccn2)CC1. The van der Waals surface area contributed by atoms with Gasteiger partial charge in [-0.05, 0) is 32.0 Å². The van der Waals surface area contributed by atoms with E-state index in [4.69, 9.17) is 0 Å². The van der Waals surface area contributed by atoms with Gasteiger partial charge in [0.1, 0.15) is 0 Å². The van der Waals surface area contributed by atoms with Gasteiger partial charge in [0.25, 0.3) is 0 Å². The number of anilines is 1. The molecule has 0 atom stereocenters. The Morgan fingerprint density at radius 3 is 2.23 bits per heavy atom. The molecule has 1 fully saturated rings. The Kier molecular flexibility index (Phi) is 6.58. The normalized spacial score (nSPS) is 15.4. The molecule has 0 saturated carbocycles. The van der Waals surface area contributed by atoms with E-state index < -0.39 is 0 Å². The number of piperazine rings is 1. The Hall–Kier alpha value is -1.69.